The van der Waals surface area contributed by atoms with Crippen LogP contribution in [0, 0.1) is 0 Å². The second kappa shape index (κ2) is 2.64. The van der Waals surface area contributed by atoms with E-state index >= 15 is 0 Å². The Morgan fingerprint density at radius 2 is 2.56 bits per heavy atom. The number of aromatic nitrogens is 1. The summed E-state index contributed by atoms with van der Waals surface area (Å²) in [7, 11) is 1.88. The zero-order chi connectivity index (χ0) is 6.69. The van der Waals surface area contributed by atoms with Crippen molar-refractivity contribution in [2.75, 3.05) is 7.05 Å². The summed E-state index contributed by atoms with van der Waals surface area (Å²) in [5.41, 5.74) is 0. The Bertz CT molecular complexity index is 160. The van der Waals surface area contributed by atoms with Gasteiger partial charge < -0.3 is 9.73 Å². The van der Waals surface area contributed by atoms with Crippen LogP contribution in [0.2, 0.25) is 0 Å². The first kappa shape index (κ1) is 6.29. The summed E-state index contributed by atoms with van der Waals surface area (Å²) in [6, 6.07) is 0.257. The average molecular weight is 126 g/mol. The van der Waals surface area contributed by atoms with Gasteiger partial charge in [-0.05, 0) is 14.0 Å². The number of nitrogens with zero attached hydrogens (tertiary/aromatic N) is 1. The van der Waals surface area contributed by atoms with Crippen molar-refractivity contribution in [2.24, 2.45) is 0 Å². The molecular formula is C6H10N2O. The lowest BCUT2D eigenvalue weighted by Gasteiger charge is -2.02. The van der Waals surface area contributed by atoms with E-state index in [1.165, 1.54) is 6.39 Å². The maximum atomic E-state index is 5.01. The monoisotopic (exact) mass is 126 g/mol. The van der Waals surface area contributed by atoms with Crippen LogP contribution in [0.25, 0.3) is 0 Å². The second-order valence-electron chi connectivity index (χ2n) is 1.91. The van der Waals surface area contributed by atoms with Gasteiger partial charge in [-0.1, -0.05) is 0 Å². The standard InChI is InChI=1S/C6H10N2O/c1-5(7-2)6-3-8-4-9-6/h3-5,7H,1-2H3/t5-/m1/s1. The van der Waals surface area contributed by atoms with Gasteiger partial charge in [0.15, 0.2) is 6.39 Å². The summed E-state index contributed by atoms with van der Waals surface area (Å²) in [6.45, 7) is 2.01. The lowest BCUT2D eigenvalue weighted by molar-refractivity contribution is 0.446. The molecule has 50 valence electrons. The molecule has 0 unspecified atom stereocenters. The Labute approximate surface area is 54.1 Å². The number of rotatable bonds is 2. The molecule has 3 nitrogen and oxygen atoms in total. The van der Waals surface area contributed by atoms with Gasteiger partial charge >= 0.3 is 0 Å². The zero-order valence-electron chi connectivity index (χ0n) is 5.59. The van der Waals surface area contributed by atoms with E-state index in [0.717, 1.165) is 5.76 Å². The van der Waals surface area contributed by atoms with E-state index in [2.05, 4.69) is 10.3 Å². The summed E-state index contributed by atoms with van der Waals surface area (Å²) < 4.78 is 5.01. The van der Waals surface area contributed by atoms with E-state index in [-0.39, 0.29) is 6.04 Å². The molecule has 1 atom stereocenters. The van der Waals surface area contributed by atoms with Gasteiger partial charge in [0.1, 0.15) is 5.76 Å². The highest BCUT2D eigenvalue weighted by molar-refractivity contribution is 4.94. The van der Waals surface area contributed by atoms with Gasteiger partial charge in [0, 0.05) is 0 Å². The fourth-order valence-electron chi connectivity index (χ4n) is 0.582. The third kappa shape index (κ3) is 1.29. The van der Waals surface area contributed by atoms with E-state index in [4.69, 9.17) is 4.42 Å². The maximum absolute atomic E-state index is 5.01. The van der Waals surface area contributed by atoms with Gasteiger partial charge in [-0.3, -0.25) is 0 Å². The molecule has 0 spiro atoms. The summed E-state index contributed by atoms with van der Waals surface area (Å²) >= 11 is 0. The average Bonchev–Trinajstić information content (AvgIpc) is 2.37. The molecule has 0 radical (unpaired) electrons. The van der Waals surface area contributed by atoms with E-state index in [0.29, 0.717) is 0 Å². The van der Waals surface area contributed by atoms with Gasteiger partial charge in [0.05, 0.1) is 12.2 Å². The minimum absolute atomic E-state index is 0.257. The van der Waals surface area contributed by atoms with Crippen molar-refractivity contribution in [1.29, 1.82) is 0 Å². The molecular weight excluding hydrogens is 116 g/mol. The Kier molecular flexibility index (Phi) is 1.85. The van der Waals surface area contributed by atoms with Crippen molar-refractivity contribution in [2.45, 2.75) is 13.0 Å². The van der Waals surface area contributed by atoms with Gasteiger partial charge in [-0.25, -0.2) is 4.98 Å². The fraction of sp³-hybridized carbons (Fsp3) is 0.500. The molecule has 0 aliphatic heterocycles. The van der Waals surface area contributed by atoms with Gasteiger partial charge in [-0.15, -0.1) is 0 Å². The Balaban J connectivity index is 2.65. The molecule has 9 heavy (non-hydrogen) atoms. The minimum Gasteiger partial charge on any atom is -0.447 e. The first-order valence-electron chi connectivity index (χ1n) is 2.90. The first-order valence-corrected chi connectivity index (χ1v) is 2.90. The third-order valence-corrected chi connectivity index (χ3v) is 1.31. The predicted molar refractivity (Wildman–Crippen MR) is 34.0 cm³/mol. The molecule has 1 aromatic heterocycles. The molecule has 1 rings (SSSR count). The van der Waals surface area contributed by atoms with E-state index < -0.39 is 0 Å². The maximum Gasteiger partial charge on any atom is 0.180 e. The predicted octanol–water partition coefficient (Wildman–Crippen LogP) is 0.955. The second-order valence-corrected chi connectivity index (χ2v) is 1.91. The molecule has 0 aromatic carbocycles. The van der Waals surface area contributed by atoms with Crippen molar-refractivity contribution in [3.05, 3.63) is 18.4 Å². The molecule has 0 fully saturated rings. The summed E-state index contributed by atoms with van der Waals surface area (Å²) in [5, 5.41) is 3.03. The molecule has 3 heteroatoms. The van der Waals surface area contributed by atoms with Crippen LogP contribution in [0.1, 0.15) is 18.7 Å². The Hall–Kier alpha value is -0.830. The lowest BCUT2D eigenvalue weighted by atomic mass is 10.3. The molecule has 1 aromatic rings. The highest BCUT2D eigenvalue weighted by Gasteiger charge is 2.03. The van der Waals surface area contributed by atoms with Crippen molar-refractivity contribution in [3.63, 3.8) is 0 Å². The van der Waals surface area contributed by atoms with Crippen LogP contribution < -0.4 is 5.32 Å². The van der Waals surface area contributed by atoms with Crippen molar-refractivity contribution >= 4 is 0 Å². The molecule has 1 N–H and O–H groups in total. The van der Waals surface area contributed by atoms with Crippen LogP contribution in [0.15, 0.2) is 17.0 Å². The largest absolute Gasteiger partial charge is 0.447 e. The lowest BCUT2D eigenvalue weighted by Crippen LogP contribution is -2.10. The van der Waals surface area contributed by atoms with Crippen LogP contribution in [-0.2, 0) is 0 Å². The molecule has 0 saturated heterocycles. The van der Waals surface area contributed by atoms with Crippen LogP contribution in [-0.4, -0.2) is 12.0 Å². The highest BCUT2D eigenvalue weighted by atomic mass is 16.3. The smallest absolute Gasteiger partial charge is 0.180 e. The van der Waals surface area contributed by atoms with E-state index in [1.54, 1.807) is 6.20 Å². The van der Waals surface area contributed by atoms with Crippen LogP contribution >= 0.6 is 0 Å². The van der Waals surface area contributed by atoms with Gasteiger partial charge in [-0.2, -0.15) is 0 Å². The Morgan fingerprint density at radius 1 is 1.78 bits per heavy atom. The molecule has 0 bridgehead atoms. The third-order valence-electron chi connectivity index (χ3n) is 1.31. The van der Waals surface area contributed by atoms with Gasteiger partial charge in [0.2, 0.25) is 0 Å². The highest BCUT2D eigenvalue weighted by Crippen LogP contribution is 2.08. The molecule has 0 aliphatic rings. The summed E-state index contributed by atoms with van der Waals surface area (Å²) in [4.78, 5) is 3.78. The SMILES string of the molecule is CN[C@H](C)c1cnco1. The quantitative estimate of drug-likeness (QED) is 0.641. The van der Waals surface area contributed by atoms with Crippen molar-refractivity contribution < 1.29 is 4.42 Å². The van der Waals surface area contributed by atoms with Gasteiger partial charge in [0.25, 0.3) is 0 Å². The normalized spacial score (nSPS) is 13.6. The van der Waals surface area contributed by atoms with Crippen molar-refractivity contribution in [1.82, 2.24) is 10.3 Å². The zero-order valence-corrected chi connectivity index (χ0v) is 5.59. The molecule has 0 aliphatic carbocycles. The van der Waals surface area contributed by atoms with E-state index in [9.17, 15) is 0 Å². The van der Waals surface area contributed by atoms with Crippen molar-refractivity contribution in [3.8, 4) is 0 Å². The number of oxazole rings is 1. The van der Waals surface area contributed by atoms with E-state index in [1.807, 2.05) is 14.0 Å². The molecule has 1 heterocycles. The molecule has 0 amide bonds. The van der Waals surface area contributed by atoms with Crippen LogP contribution in [0.5, 0.6) is 0 Å². The number of hydrogen-bond donors (Lipinski definition) is 1. The topological polar surface area (TPSA) is 38.1 Å². The van der Waals surface area contributed by atoms with Crippen LogP contribution in [0.4, 0.5) is 0 Å². The number of nitrogens with one attached hydrogen (secondary N) is 1. The number of hydrogen-bond acceptors (Lipinski definition) is 3. The minimum atomic E-state index is 0.257. The fourth-order valence-corrected chi connectivity index (χ4v) is 0.582. The Morgan fingerprint density at radius 3 is 3.00 bits per heavy atom. The summed E-state index contributed by atoms with van der Waals surface area (Å²) in [6.07, 6.45) is 3.14. The first-order chi connectivity index (χ1) is 4.34. The molecule has 0 saturated carbocycles. The van der Waals surface area contributed by atoms with Crippen LogP contribution in [0.3, 0.4) is 0 Å². The summed E-state index contributed by atoms with van der Waals surface area (Å²) in [5.74, 6) is 0.873.